The summed E-state index contributed by atoms with van der Waals surface area (Å²) in [5.74, 6) is -0.287. The molecular weight excluding hydrogens is 336 g/mol. The van der Waals surface area contributed by atoms with E-state index in [1.165, 1.54) is 25.3 Å². The number of phenolic OH excluding ortho intramolecular Hbond substituents is 1. The molecule has 0 amide bonds. The van der Waals surface area contributed by atoms with E-state index in [1.54, 1.807) is 6.08 Å². The standard InChI is InChI=1S/C21H17ClO3/c1-25-13-17-11-18(23)12-19(21(17)22)20(24)9-7-14-6-8-15-4-2-3-5-16(15)10-14/h2-12,23H,13H2,1H3/b9-7+. The van der Waals surface area contributed by atoms with E-state index in [4.69, 9.17) is 16.3 Å². The Morgan fingerprint density at radius 2 is 1.88 bits per heavy atom. The predicted octanol–water partition coefficient (Wildman–Crippen LogP) is 5.24. The molecule has 0 saturated heterocycles. The van der Waals surface area contributed by atoms with Gasteiger partial charge < -0.3 is 9.84 Å². The molecule has 0 aromatic heterocycles. The summed E-state index contributed by atoms with van der Waals surface area (Å²) >= 11 is 6.27. The van der Waals surface area contributed by atoms with E-state index in [1.807, 2.05) is 42.5 Å². The minimum atomic E-state index is -0.272. The number of hydrogen-bond acceptors (Lipinski definition) is 3. The molecule has 3 rings (SSSR count). The van der Waals surface area contributed by atoms with Crippen LogP contribution in [0.25, 0.3) is 16.8 Å². The van der Waals surface area contributed by atoms with E-state index in [0.29, 0.717) is 10.6 Å². The second kappa shape index (κ2) is 7.51. The minimum absolute atomic E-state index is 0.0149. The van der Waals surface area contributed by atoms with Crippen LogP contribution >= 0.6 is 11.6 Å². The molecule has 3 aromatic carbocycles. The molecule has 4 heteroatoms. The molecule has 0 aliphatic heterocycles. The number of carbonyl (C=O) groups is 1. The summed E-state index contributed by atoms with van der Waals surface area (Å²) in [4.78, 5) is 12.5. The summed E-state index contributed by atoms with van der Waals surface area (Å²) in [7, 11) is 1.53. The Bertz CT molecular complexity index is 961. The average molecular weight is 353 g/mol. The molecule has 0 heterocycles. The molecule has 0 radical (unpaired) electrons. The Kier molecular flexibility index (Phi) is 5.17. The molecule has 0 spiro atoms. The SMILES string of the molecule is COCc1cc(O)cc(C(=O)/C=C/c2ccc3ccccc3c2)c1Cl. The monoisotopic (exact) mass is 352 g/mol. The van der Waals surface area contributed by atoms with Crippen molar-refractivity contribution in [1.82, 2.24) is 0 Å². The van der Waals surface area contributed by atoms with Crippen molar-refractivity contribution in [2.75, 3.05) is 7.11 Å². The summed E-state index contributed by atoms with van der Waals surface area (Å²) in [5.41, 5.74) is 1.75. The van der Waals surface area contributed by atoms with Crippen molar-refractivity contribution in [3.8, 4) is 5.75 Å². The summed E-state index contributed by atoms with van der Waals surface area (Å²) in [6, 6.07) is 16.9. The lowest BCUT2D eigenvalue weighted by atomic mass is 10.0. The van der Waals surface area contributed by atoms with Gasteiger partial charge in [-0.05, 0) is 40.6 Å². The van der Waals surface area contributed by atoms with Crippen LogP contribution < -0.4 is 0 Å². The molecule has 3 nitrogen and oxygen atoms in total. The number of ether oxygens (including phenoxy) is 1. The molecule has 25 heavy (non-hydrogen) atoms. The molecule has 0 fully saturated rings. The Hall–Kier alpha value is -2.62. The first-order chi connectivity index (χ1) is 12.1. The first-order valence-corrected chi connectivity index (χ1v) is 8.18. The van der Waals surface area contributed by atoms with Crippen LogP contribution in [0, 0.1) is 0 Å². The number of carbonyl (C=O) groups excluding carboxylic acids is 1. The highest BCUT2D eigenvalue weighted by Crippen LogP contribution is 2.28. The molecule has 0 aliphatic rings. The number of allylic oxidation sites excluding steroid dienone is 1. The molecule has 0 atom stereocenters. The quantitative estimate of drug-likeness (QED) is 0.504. The van der Waals surface area contributed by atoms with Gasteiger partial charge in [-0.25, -0.2) is 0 Å². The second-order valence-corrected chi connectivity index (χ2v) is 6.08. The first kappa shape index (κ1) is 17.2. The molecule has 0 bridgehead atoms. The van der Waals surface area contributed by atoms with E-state index >= 15 is 0 Å². The maximum absolute atomic E-state index is 12.5. The lowest BCUT2D eigenvalue weighted by Crippen LogP contribution is -2.00. The van der Waals surface area contributed by atoms with E-state index in [9.17, 15) is 9.90 Å². The van der Waals surface area contributed by atoms with Gasteiger partial charge >= 0.3 is 0 Å². The van der Waals surface area contributed by atoms with Crippen LogP contribution in [-0.2, 0) is 11.3 Å². The van der Waals surface area contributed by atoms with Crippen LogP contribution in [0.2, 0.25) is 5.02 Å². The minimum Gasteiger partial charge on any atom is -0.508 e. The summed E-state index contributed by atoms with van der Waals surface area (Å²) < 4.78 is 5.04. The zero-order chi connectivity index (χ0) is 17.8. The van der Waals surface area contributed by atoms with Gasteiger partial charge in [0.2, 0.25) is 0 Å². The van der Waals surface area contributed by atoms with E-state index in [-0.39, 0.29) is 23.7 Å². The van der Waals surface area contributed by atoms with E-state index in [2.05, 4.69) is 0 Å². The second-order valence-electron chi connectivity index (χ2n) is 5.70. The van der Waals surface area contributed by atoms with Crippen LogP contribution in [0.3, 0.4) is 0 Å². The number of halogens is 1. The van der Waals surface area contributed by atoms with Gasteiger partial charge in [0.15, 0.2) is 5.78 Å². The third kappa shape index (κ3) is 3.90. The normalized spacial score (nSPS) is 11.3. The highest BCUT2D eigenvalue weighted by Gasteiger charge is 2.13. The number of benzene rings is 3. The summed E-state index contributed by atoms with van der Waals surface area (Å²) in [5, 5.41) is 12.4. The van der Waals surface area contributed by atoms with Gasteiger partial charge in [-0.3, -0.25) is 4.79 Å². The molecular formula is C21H17ClO3. The Morgan fingerprint density at radius 1 is 1.12 bits per heavy atom. The summed E-state index contributed by atoms with van der Waals surface area (Å²) in [6.45, 7) is 0.224. The maximum Gasteiger partial charge on any atom is 0.187 e. The maximum atomic E-state index is 12.5. The van der Waals surface area contributed by atoms with Crippen molar-refractivity contribution in [2.45, 2.75) is 6.61 Å². The third-order valence-electron chi connectivity index (χ3n) is 3.90. The average Bonchev–Trinajstić information content (AvgIpc) is 2.62. The lowest BCUT2D eigenvalue weighted by Gasteiger charge is -2.08. The van der Waals surface area contributed by atoms with Crippen LogP contribution in [0.1, 0.15) is 21.5 Å². The molecule has 0 saturated carbocycles. The fourth-order valence-electron chi connectivity index (χ4n) is 2.68. The van der Waals surface area contributed by atoms with Crippen molar-refractivity contribution >= 4 is 34.2 Å². The first-order valence-electron chi connectivity index (χ1n) is 7.80. The van der Waals surface area contributed by atoms with Crippen molar-refractivity contribution in [2.24, 2.45) is 0 Å². The van der Waals surface area contributed by atoms with E-state index < -0.39 is 0 Å². The zero-order valence-electron chi connectivity index (χ0n) is 13.7. The van der Waals surface area contributed by atoms with Gasteiger partial charge in [0.05, 0.1) is 11.6 Å². The lowest BCUT2D eigenvalue weighted by molar-refractivity contribution is 0.104. The van der Waals surface area contributed by atoms with Crippen LogP contribution in [0.4, 0.5) is 0 Å². The highest BCUT2D eigenvalue weighted by atomic mass is 35.5. The largest absolute Gasteiger partial charge is 0.508 e. The van der Waals surface area contributed by atoms with Gasteiger partial charge in [-0.2, -0.15) is 0 Å². The van der Waals surface area contributed by atoms with Crippen molar-refractivity contribution in [1.29, 1.82) is 0 Å². The van der Waals surface area contributed by atoms with Crippen molar-refractivity contribution < 1.29 is 14.6 Å². The van der Waals surface area contributed by atoms with Gasteiger partial charge in [0.1, 0.15) is 5.75 Å². The molecule has 0 aliphatic carbocycles. The molecule has 3 aromatic rings. The molecule has 1 N–H and O–H groups in total. The number of ketones is 1. The Labute approximate surface area is 151 Å². The zero-order valence-corrected chi connectivity index (χ0v) is 14.5. The number of phenols is 1. The molecule has 0 unspecified atom stereocenters. The van der Waals surface area contributed by atoms with Gasteiger partial charge in [-0.1, -0.05) is 54.1 Å². The number of hydrogen-bond donors (Lipinski definition) is 1. The fraction of sp³-hybridized carbons (Fsp3) is 0.0952. The Morgan fingerprint density at radius 3 is 2.64 bits per heavy atom. The number of rotatable bonds is 5. The van der Waals surface area contributed by atoms with E-state index in [0.717, 1.165) is 16.3 Å². The smallest absolute Gasteiger partial charge is 0.187 e. The Balaban J connectivity index is 1.89. The van der Waals surface area contributed by atoms with Gasteiger partial charge in [0, 0.05) is 18.2 Å². The number of fused-ring (bicyclic) bond motifs is 1. The third-order valence-corrected chi connectivity index (χ3v) is 4.35. The molecule has 126 valence electrons. The highest BCUT2D eigenvalue weighted by molar-refractivity contribution is 6.35. The summed E-state index contributed by atoms with van der Waals surface area (Å²) in [6.07, 6.45) is 3.20. The number of aromatic hydroxyl groups is 1. The topological polar surface area (TPSA) is 46.5 Å². The van der Waals surface area contributed by atoms with Crippen LogP contribution in [-0.4, -0.2) is 18.0 Å². The van der Waals surface area contributed by atoms with Gasteiger partial charge in [-0.15, -0.1) is 0 Å². The van der Waals surface area contributed by atoms with Crippen molar-refractivity contribution in [3.05, 3.63) is 82.4 Å². The predicted molar refractivity (Wildman–Crippen MR) is 101 cm³/mol. The van der Waals surface area contributed by atoms with Crippen LogP contribution in [0.15, 0.2) is 60.7 Å². The van der Waals surface area contributed by atoms with Crippen molar-refractivity contribution in [3.63, 3.8) is 0 Å². The number of methoxy groups -OCH3 is 1. The fourth-order valence-corrected chi connectivity index (χ4v) is 2.94. The van der Waals surface area contributed by atoms with Crippen LogP contribution in [0.5, 0.6) is 5.75 Å². The van der Waals surface area contributed by atoms with Gasteiger partial charge in [0.25, 0.3) is 0 Å².